The van der Waals surface area contributed by atoms with Gasteiger partial charge >= 0.3 is 0 Å². The van der Waals surface area contributed by atoms with Gasteiger partial charge in [-0.2, -0.15) is 0 Å². The van der Waals surface area contributed by atoms with Crippen molar-refractivity contribution in [1.82, 2.24) is 10.3 Å². The van der Waals surface area contributed by atoms with Gasteiger partial charge in [-0.3, -0.25) is 0 Å². The molecular formula is C10H16N2OS. The first-order chi connectivity index (χ1) is 6.75. The minimum absolute atomic E-state index is 0.344. The summed E-state index contributed by atoms with van der Waals surface area (Å²) in [5.74, 6) is 0. The molecule has 0 aliphatic carbocycles. The molecule has 1 aliphatic heterocycles. The zero-order valence-electron chi connectivity index (χ0n) is 8.62. The molecule has 1 aliphatic rings. The molecule has 0 amide bonds. The van der Waals surface area contributed by atoms with Crippen LogP contribution in [-0.4, -0.2) is 23.7 Å². The van der Waals surface area contributed by atoms with Crippen molar-refractivity contribution in [2.75, 3.05) is 6.61 Å². The zero-order valence-corrected chi connectivity index (χ0v) is 9.43. The molecule has 1 aromatic heterocycles. The molecule has 1 saturated heterocycles. The van der Waals surface area contributed by atoms with Gasteiger partial charge in [0.15, 0.2) is 0 Å². The maximum absolute atomic E-state index is 5.48. The van der Waals surface area contributed by atoms with Crippen LogP contribution in [0.15, 0.2) is 5.38 Å². The van der Waals surface area contributed by atoms with E-state index in [9.17, 15) is 0 Å². The van der Waals surface area contributed by atoms with Crippen LogP contribution >= 0.6 is 11.3 Å². The molecule has 2 rings (SSSR count). The van der Waals surface area contributed by atoms with E-state index in [1.807, 2.05) is 6.92 Å². The van der Waals surface area contributed by atoms with Gasteiger partial charge in [0.1, 0.15) is 5.01 Å². The number of ether oxygens (including phenoxy) is 1. The Morgan fingerprint density at radius 2 is 2.57 bits per heavy atom. The second-order valence-electron chi connectivity index (χ2n) is 3.73. The number of thiazole rings is 1. The van der Waals surface area contributed by atoms with Crippen molar-refractivity contribution < 1.29 is 4.74 Å². The fourth-order valence-electron chi connectivity index (χ4n) is 1.70. The highest BCUT2D eigenvalue weighted by molar-refractivity contribution is 7.09. The van der Waals surface area contributed by atoms with E-state index in [1.165, 1.54) is 5.01 Å². The van der Waals surface area contributed by atoms with Crippen LogP contribution in [0.5, 0.6) is 0 Å². The second kappa shape index (κ2) is 4.38. The van der Waals surface area contributed by atoms with Crippen LogP contribution in [-0.2, 0) is 11.3 Å². The van der Waals surface area contributed by atoms with E-state index >= 15 is 0 Å². The Labute approximate surface area is 88.5 Å². The third-order valence-electron chi connectivity index (χ3n) is 2.56. The molecule has 3 nitrogen and oxygen atoms in total. The maximum atomic E-state index is 5.48. The van der Waals surface area contributed by atoms with Crippen LogP contribution in [0.3, 0.4) is 0 Å². The molecule has 0 radical (unpaired) electrons. The van der Waals surface area contributed by atoms with E-state index in [-0.39, 0.29) is 0 Å². The topological polar surface area (TPSA) is 34.1 Å². The first kappa shape index (κ1) is 10.1. The van der Waals surface area contributed by atoms with Crippen LogP contribution in [0.25, 0.3) is 0 Å². The van der Waals surface area contributed by atoms with E-state index in [2.05, 4.69) is 22.6 Å². The lowest BCUT2D eigenvalue weighted by atomic mass is 10.1. The number of hydrogen-bond acceptors (Lipinski definition) is 4. The van der Waals surface area contributed by atoms with E-state index in [4.69, 9.17) is 4.74 Å². The molecule has 0 spiro atoms. The van der Waals surface area contributed by atoms with Gasteiger partial charge in [0.2, 0.25) is 0 Å². The lowest BCUT2D eigenvalue weighted by Crippen LogP contribution is -2.34. The van der Waals surface area contributed by atoms with Crippen molar-refractivity contribution in [2.45, 2.75) is 39.0 Å². The number of hydrogen-bond donors (Lipinski definition) is 1. The van der Waals surface area contributed by atoms with E-state index in [0.29, 0.717) is 12.1 Å². The predicted octanol–water partition coefficient (Wildman–Crippen LogP) is 1.72. The number of nitrogens with zero attached hydrogens (tertiary/aromatic N) is 1. The van der Waals surface area contributed by atoms with Crippen LogP contribution < -0.4 is 5.32 Å². The van der Waals surface area contributed by atoms with Gasteiger partial charge in [0.25, 0.3) is 0 Å². The molecule has 0 bridgehead atoms. The quantitative estimate of drug-likeness (QED) is 0.828. The van der Waals surface area contributed by atoms with Crippen LogP contribution in [0.4, 0.5) is 0 Å². The van der Waals surface area contributed by atoms with Crippen molar-refractivity contribution in [3.8, 4) is 0 Å². The van der Waals surface area contributed by atoms with Gasteiger partial charge < -0.3 is 10.1 Å². The SMILES string of the molecule is Cc1csc(CNC2CCOC2C)n1. The smallest absolute Gasteiger partial charge is 0.107 e. The molecule has 0 aromatic carbocycles. The molecule has 1 aromatic rings. The molecule has 0 saturated carbocycles. The molecule has 2 heterocycles. The summed E-state index contributed by atoms with van der Waals surface area (Å²) in [7, 11) is 0. The molecule has 1 fully saturated rings. The van der Waals surface area contributed by atoms with Gasteiger partial charge in [0.05, 0.1) is 6.10 Å². The summed E-state index contributed by atoms with van der Waals surface area (Å²) in [6.07, 6.45) is 1.46. The molecule has 1 N–H and O–H groups in total. The average Bonchev–Trinajstić information content (AvgIpc) is 2.72. The third kappa shape index (κ3) is 2.32. The van der Waals surface area contributed by atoms with Gasteiger partial charge in [-0.05, 0) is 20.3 Å². The Morgan fingerprint density at radius 1 is 1.71 bits per heavy atom. The number of aromatic nitrogens is 1. The number of aryl methyl sites for hydroxylation is 1. The van der Waals surface area contributed by atoms with Gasteiger partial charge in [-0.1, -0.05) is 0 Å². The summed E-state index contributed by atoms with van der Waals surface area (Å²) in [5.41, 5.74) is 1.11. The van der Waals surface area contributed by atoms with Crippen LogP contribution in [0.2, 0.25) is 0 Å². The third-order valence-corrected chi connectivity index (χ3v) is 3.52. The Hall–Kier alpha value is -0.450. The Balaban J connectivity index is 1.82. The van der Waals surface area contributed by atoms with Crippen molar-refractivity contribution in [2.24, 2.45) is 0 Å². The molecule has 4 heteroatoms. The first-order valence-electron chi connectivity index (χ1n) is 5.01. The van der Waals surface area contributed by atoms with Crippen molar-refractivity contribution in [1.29, 1.82) is 0 Å². The number of rotatable bonds is 3. The van der Waals surface area contributed by atoms with Crippen LogP contribution in [0.1, 0.15) is 24.0 Å². The summed E-state index contributed by atoms with van der Waals surface area (Å²) < 4.78 is 5.48. The normalized spacial score (nSPS) is 27.0. The Kier molecular flexibility index (Phi) is 3.15. The zero-order chi connectivity index (χ0) is 9.97. The summed E-state index contributed by atoms with van der Waals surface area (Å²) in [6, 6.07) is 0.499. The molecule has 78 valence electrons. The Bertz CT molecular complexity index is 300. The summed E-state index contributed by atoms with van der Waals surface area (Å²) in [6.45, 7) is 5.91. The highest BCUT2D eigenvalue weighted by Crippen LogP contribution is 2.14. The van der Waals surface area contributed by atoms with Gasteiger partial charge in [-0.25, -0.2) is 4.98 Å². The highest BCUT2D eigenvalue weighted by Gasteiger charge is 2.23. The van der Waals surface area contributed by atoms with Crippen molar-refractivity contribution >= 4 is 11.3 Å². The van der Waals surface area contributed by atoms with Gasteiger partial charge in [0, 0.05) is 30.3 Å². The summed E-state index contributed by atoms with van der Waals surface area (Å²) in [4.78, 5) is 4.41. The molecular weight excluding hydrogens is 196 g/mol. The minimum Gasteiger partial charge on any atom is -0.377 e. The van der Waals surface area contributed by atoms with Crippen molar-refractivity contribution in [3.05, 3.63) is 16.1 Å². The lowest BCUT2D eigenvalue weighted by Gasteiger charge is -2.14. The van der Waals surface area contributed by atoms with E-state index in [0.717, 1.165) is 25.3 Å². The summed E-state index contributed by atoms with van der Waals surface area (Å²) in [5, 5.41) is 6.74. The lowest BCUT2D eigenvalue weighted by molar-refractivity contribution is 0.113. The molecule has 2 atom stereocenters. The fraction of sp³-hybridized carbons (Fsp3) is 0.700. The average molecular weight is 212 g/mol. The standard InChI is InChI=1S/C10H16N2OS/c1-7-6-14-10(12-7)5-11-9-3-4-13-8(9)2/h6,8-9,11H,3-5H2,1-2H3. The minimum atomic E-state index is 0.344. The maximum Gasteiger partial charge on any atom is 0.107 e. The van der Waals surface area contributed by atoms with Gasteiger partial charge in [-0.15, -0.1) is 11.3 Å². The van der Waals surface area contributed by atoms with Crippen molar-refractivity contribution in [3.63, 3.8) is 0 Å². The van der Waals surface area contributed by atoms with Crippen LogP contribution in [0, 0.1) is 6.92 Å². The van der Waals surface area contributed by atoms with E-state index < -0.39 is 0 Å². The Morgan fingerprint density at radius 3 is 3.14 bits per heavy atom. The van der Waals surface area contributed by atoms with E-state index in [1.54, 1.807) is 11.3 Å². The monoisotopic (exact) mass is 212 g/mol. The largest absolute Gasteiger partial charge is 0.377 e. The highest BCUT2D eigenvalue weighted by atomic mass is 32.1. The second-order valence-corrected chi connectivity index (χ2v) is 4.68. The predicted molar refractivity (Wildman–Crippen MR) is 57.5 cm³/mol. The molecule has 2 unspecified atom stereocenters. The first-order valence-corrected chi connectivity index (χ1v) is 5.89. The summed E-state index contributed by atoms with van der Waals surface area (Å²) >= 11 is 1.72. The number of nitrogens with one attached hydrogen (secondary N) is 1. The molecule has 14 heavy (non-hydrogen) atoms. The fourth-order valence-corrected chi connectivity index (χ4v) is 2.42.